The largest absolute Gasteiger partial charge is 0.274 e. The predicted octanol–water partition coefficient (Wildman–Crippen LogP) is 2.41. The third-order valence-electron chi connectivity index (χ3n) is 1.52. The Labute approximate surface area is 87.1 Å². The SMILES string of the molecule is N#Cc1cc(C(F)F)c(F)c(C(=O)Cl)n1. The maximum absolute atomic E-state index is 13.1. The highest BCUT2D eigenvalue weighted by Gasteiger charge is 2.22. The molecule has 0 radical (unpaired) electrons. The number of hydrogen-bond donors (Lipinski definition) is 0. The molecule has 0 aliphatic rings. The van der Waals surface area contributed by atoms with Crippen LogP contribution in [-0.4, -0.2) is 10.2 Å². The van der Waals surface area contributed by atoms with Crippen LogP contribution < -0.4 is 0 Å². The topological polar surface area (TPSA) is 53.8 Å². The first-order valence-electron chi connectivity index (χ1n) is 3.56. The fourth-order valence-corrected chi connectivity index (χ4v) is 1.02. The van der Waals surface area contributed by atoms with Crippen molar-refractivity contribution in [3.05, 3.63) is 28.8 Å². The molecular weight excluding hydrogens is 233 g/mol. The average Bonchev–Trinajstić information content (AvgIpc) is 2.17. The van der Waals surface area contributed by atoms with E-state index in [-0.39, 0.29) is 0 Å². The van der Waals surface area contributed by atoms with Gasteiger partial charge < -0.3 is 0 Å². The number of rotatable bonds is 2. The molecular formula is C8H2ClF3N2O. The second-order valence-corrected chi connectivity index (χ2v) is 2.79. The van der Waals surface area contributed by atoms with E-state index in [1.165, 1.54) is 6.07 Å². The van der Waals surface area contributed by atoms with E-state index in [9.17, 15) is 18.0 Å². The van der Waals surface area contributed by atoms with Crippen molar-refractivity contribution in [3.63, 3.8) is 0 Å². The first-order valence-corrected chi connectivity index (χ1v) is 3.93. The molecule has 3 nitrogen and oxygen atoms in total. The zero-order chi connectivity index (χ0) is 11.6. The first-order chi connectivity index (χ1) is 6.97. The van der Waals surface area contributed by atoms with Crippen molar-refractivity contribution >= 4 is 16.8 Å². The van der Waals surface area contributed by atoms with Crippen LogP contribution in [0.15, 0.2) is 6.07 Å². The van der Waals surface area contributed by atoms with Gasteiger partial charge in [-0.2, -0.15) is 5.26 Å². The predicted molar refractivity (Wildman–Crippen MR) is 44.1 cm³/mol. The Morgan fingerprint density at radius 1 is 1.60 bits per heavy atom. The minimum Gasteiger partial charge on any atom is -0.274 e. The van der Waals surface area contributed by atoms with Gasteiger partial charge in [-0.05, 0) is 17.7 Å². The van der Waals surface area contributed by atoms with Crippen molar-refractivity contribution in [2.75, 3.05) is 0 Å². The number of pyridine rings is 1. The van der Waals surface area contributed by atoms with E-state index in [0.717, 1.165) is 0 Å². The lowest BCUT2D eigenvalue weighted by molar-refractivity contribution is 0.107. The van der Waals surface area contributed by atoms with Crippen molar-refractivity contribution in [2.24, 2.45) is 0 Å². The molecule has 1 rings (SSSR count). The summed E-state index contributed by atoms with van der Waals surface area (Å²) in [5.74, 6) is -1.50. The molecule has 7 heteroatoms. The zero-order valence-corrected chi connectivity index (χ0v) is 7.73. The maximum atomic E-state index is 13.1. The highest BCUT2D eigenvalue weighted by Crippen LogP contribution is 2.24. The summed E-state index contributed by atoms with van der Waals surface area (Å²) in [6.45, 7) is 0. The molecule has 0 amide bonds. The Kier molecular flexibility index (Phi) is 3.27. The van der Waals surface area contributed by atoms with Crippen LogP contribution in [0.25, 0.3) is 0 Å². The summed E-state index contributed by atoms with van der Waals surface area (Å²) in [6, 6.07) is 2.00. The molecule has 0 aliphatic heterocycles. The Morgan fingerprint density at radius 2 is 2.20 bits per heavy atom. The number of alkyl halides is 2. The molecule has 1 aromatic heterocycles. The lowest BCUT2D eigenvalue weighted by atomic mass is 10.2. The fraction of sp³-hybridized carbons (Fsp3) is 0.125. The van der Waals surface area contributed by atoms with Crippen LogP contribution in [-0.2, 0) is 0 Å². The fourth-order valence-electron chi connectivity index (χ4n) is 0.895. The average molecular weight is 235 g/mol. The molecule has 0 aliphatic carbocycles. The van der Waals surface area contributed by atoms with Gasteiger partial charge in [0.25, 0.3) is 11.7 Å². The van der Waals surface area contributed by atoms with Gasteiger partial charge in [0.2, 0.25) is 0 Å². The van der Waals surface area contributed by atoms with Crippen LogP contribution in [0.5, 0.6) is 0 Å². The van der Waals surface area contributed by atoms with Gasteiger partial charge in [0.15, 0.2) is 11.5 Å². The van der Waals surface area contributed by atoms with E-state index in [2.05, 4.69) is 4.98 Å². The Bertz CT molecular complexity index is 456. The lowest BCUT2D eigenvalue weighted by Gasteiger charge is -2.04. The number of halogens is 4. The molecule has 0 N–H and O–H groups in total. The van der Waals surface area contributed by atoms with Gasteiger partial charge in [-0.3, -0.25) is 4.79 Å². The summed E-state index contributed by atoms with van der Waals surface area (Å²) < 4.78 is 37.6. The summed E-state index contributed by atoms with van der Waals surface area (Å²) in [4.78, 5) is 13.8. The van der Waals surface area contributed by atoms with Crippen LogP contribution >= 0.6 is 11.6 Å². The number of nitriles is 1. The zero-order valence-electron chi connectivity index (χ0n) is 6.97. The number of hydrogen-bond acceptors (Lipinski definition) is 3. The van der Waals surface area contributed by atoms with Crippen molar-refractivity contribution in [1.82, 2.24) is 4.98 Å². The molecule has 0 saturated carbocycles. The summed E-state index contributed by atoms with van der Waals surface area (Å²) in [5.41, 5.74) is -2.52. The smallest absolute Gasteiger partial charge is 0.273 e. The van der Waals surface area contributed by atoms with Crippen LogP contribution in [0.2, 0.25) is 0 Å². The number of nitrogens with zero attached hydrogens (tertiary/aromatic N) is 2. The molecule has 1 aromatic rings. The Hall–Kier alpha value is -1.61. The molecule has 1 heterocycles. The molecule has 0 fully saturated rings. The van der Waals surface area contributed by atoms with Gasteiger partial charge in [0.05, 0.1) is 5.56 Å². The molecule has 0 saturated heterocycles. The van der Waals surface area contributed by atoms with Gasteiger partial charge in [-0.1, -0.05) is 0 Å². The monoisotopic (exact) mass is 234 g/mol. The lowest BCUT2D eigenvalue weighted by Crippen LogP contribution is -2.06. The molecule has 0 bridgehead atoms. The van der Waals surface area contributed by atoms with Crippen LogP contribution in [0.3, 0.4) is 0 Å². The Balaban J connectivity index is 3.49. The van der Waals surface area contributed by atoms with Gasteiger partial charge in [0, 0.05) is 0 Å². The number of carbonyl (C=O) groups is 1. The minimum absolute atomic E-state index is 0.490. The van der Waals surface area contributed by atoms with Crippen molar-refractivity contribution in [2.45, 2.75) is 6.43 Å². The normalized spacial score (nSPS) is 10.1. The van der Waals surface area contributed by atoms with Crippen LogP contribution in [0.1, 0.15) is 28.2 Å². The van der Waals surface area contributed by atoms with Crippen LogP contribution in [0, 0.1) is 17.1 Å². The number of carbonyl (C=O) groups excluding carboxylic acids is 1. The van der Waals surface area contributed by atoms with Gasteiger partial charge >= 0.3 is 0 Å². The third-order valence-corrected chi connectivity index (χ3v) is 1.70. The molecule has 0 atom stereocenters. The second-order valence-electron chi connectivity index (χ2n) is 2.45. The molecule has 78 valence electrons. The minimum atomic E-state index is -3.14. The number of aromatic nitrogens is 1. The van der Waals surface area contributed by atoms with Crippen molar-refractivity contribution in [3.8, 4) is 6.07 Å². The van der Waals surface area contributed by atoms with E-state index in [0.29, 0.717) is 6.07 Å². The van der Waals surface area contributed by atoms with Gasteiger partial charge in [-0.25, -0.2) is 18.2 Å². The van der Waals surface area contributed by atoms with Gasteiger partial charge in [0.1, 0.15) is 11.8 Å². The summed E-state index contributed by atoms with van der Waals surface area (Å²) in [5, 5.41) is 7.08. The summed E-state index contributed by atoms with van der Waals surface area (Å²) in [7, 11) is 0. The second kappa shape index (κ2) is 4.28. The maximum Gasteiger partial charge on any atom is 0.273 e. The Morgan fingerprint density at radius 3 is 2.60 bits per heavy atom. The molecule has 0 spiro atoms. The van der Waals surface area contributed by atoms with Gasteiger partial charge in [-0.15, -0.1) is 0 Å². The third kappa shape index (κ3) is 2.25. The van der Waals surface area contributed by atoms with Crippen molar-refractivity contribution < 1.29 is 18.0 Å². The van der Waals surface area contributed by atoms with E-state index >= 15 is 0 Å². The van der Waals surface area contributed by atoms with Crippen LogP contribution in [0.4, 0.5) is 13.2 Å². The quantitative estimate of drug-likeness (QED) is 0.739. The summed E-state index contributed by atoms with van der Waals surface area (Å²) in [6.07, 6.45) is -3.14. The molecule has 15 heavy (non-hydrogen) atoms. The molecule has 0 unspecified atom stereocenters. The standard InChI is InChI=1S/C8H2ClF3N2O/c9-7(15)6-5(10)4(8(11)12)1-3(2-13)14-6/h1,8H. The molecule has 0 aromatic carbocycles. The first kappa shape index (κ1) is 11.5. The van der Waals surface area contributed by atoms with E-state index < -0.39 is 34.4 Å². The van der Waals surface area contributed by atoms with Crippen molar-refractivity contribution in [1.29, 1.82) is 5.26 Å². The highest BCUT2D eigenvalue weighted by atomic mass is 35.5. The van der Waals surface area contributed by atoms with E-state index in [1.54, 1.807) is 0 Å². The van der Waals surface area contributed by atoms with E-state index in [4.69, 9.17) is 16.9 Å². The highest BCUT2D eigenvalue weighted by molar-refractivity contribution is 6.67. The van der Waals surface area contributed by atoms with E-state index in [1.807, 2.05) is 0 Å². The summed E-state index contributed by atoms with van der Waals surface area (Å²) >= 11 is 4.92.